The highest BCUT2D eigenvalue weighted by atomic mass is 19.1. The minimum atomic E-state index is -0.693. The first-order valence-corrected chi connectivity index (χ1v) is 9.80. The number of carbonyl (C=O) groups excluding carboxylic acids is 2. The molecular formula is C22H24FN3O3. The van der Waals surface area contributed by atoms with Crippen LogP contribution >= 0.6 is 0 Å². The van der Waals surface area contributed by atoms with E-state index in [1.807, 2.05) is 24.3 Å². The molecule has 2 aromatic rings. The fraction of sp³-hybridized carbons (Fsp3) is 0.364. The average Bonchev–Trinajstić information content (AvgIpc) is 3.28. The molecule has 3 N–H and O–H groups in total. The summed E-state index contributed by atoms with van der Waals surface area (Å²) >= 11 is 0. The molecule has 2 aliphatic rings. The van der Waals surface area contributed by atoms with Crippen LogP contribution in [0.3, 0.4) is 0 Å². The van der Waals surface area contributed by atoms with Crippen LogP contribution in [0.5, 0.6) is 5.75 Å². The largest absolute Gasteiger partial charge is 0.497 e. The Balaban J connectivity index is 1.58. The van der Waals surface area contributed by atoms with Crippen LogP contribution < -0.4 is 20.7 Å². The molecule has 152 valence electrons. The normalized spacial score (nSPS) is 22.3. The van der Waals surface area contributed by atoms with E-state index in [1.165, 1.54) is 24.3 Å². The van der Waals surface area contributed by atoms with Crippen molar-refractivity contribution in [2.45, 2.75) is 43.2 Å². The van der Waals surface area contributed by atoms with Gasteiger partial charge in [0.25, 0.3) is 0 Å². The van der Waals surface area contributed by atoms with Gasteiger partial charge in [-0.25, -0.2) is 9.18 Å². The second-order valence-corrected chi connectivity index (χ2v) is 7.69. The molecule has 4 rings (SSSR count). The Morgan fingerprint density at radius 1 is 1.10 bits per heavy atom. The van der Waals surface area contributed by atoms with Crippen molar-refractivity contribution in [2.75, 3.05) is 12.4 Å². The van der Waals surface area contributed by atoms with Crippen molar-refractivity contribution in [1.82, 2.24) is 10.6 Å². The van der Waals surface area contributed by atoms with Crippen LogP contribution in [0.25, 0.3) is 0 Å². The monoisotopic (exact) mass is 397 g/mol. The summed E-state index contributed by atoms with van der Waals surface area (Å²) in [5.41, 5.74) is 1.09. The van der Waals surface area contributed by atoms with Crippen molar-refractivity contribution >= 4 is 17.6 Å². The fourth-order valence-corrected chi connectivity index (χ4v) is 4.63. The molecule has 1 aliphatic heterocycles. The molecule has 29 heavy (non-hydrogen) atoms. The van der Waals surface area contributed by atoms with Gasteiger partial charge >= 0.3 is 6.03 Å². The van der Waals surface area contributed by atoms with E-state index in [-0.39, 0.29) is 23.2 Å². The third-order valence-corrected chi connectivity index (χ3v) is 5.94. The van der Waals surface area contributed by atoms with Crippen molar-refractivity contribution in [2.24, 2.45) is 0 Å². The van der Waals surface area contributed by atoms with Crippen molar-refractivity contribution in [3.8, 4) is 5.75 Å². The number of rotatable bonds is 4. The van der Waals surface area contributed by atoms with Crippen LogP contribution in [0.4, 0.5) is 14.9 Å². The fourth-order valence-electron chi connectivity index (χ4n) is 4.63. The quantitative estimate of drug-likeness (QED) is 0.738. The van der Waals surface area contributed by atoms with Crippen LogP contribution in [0.15, 0.2) is 48.5 Å². The number of benzene rings is 2. The molecule has 1 saturated heterocycles. The molecule has 0 bridgehead atoms. The van der Waals surface area contributed by atoms with Gasteiger partial charge in [-0.15, -0.1) is 0 Å². The maximum Gasteiger partial charge on any atom is 0.319 e. The van der Waals surface area contributed by atoms with Crippen LogP contribution in [-0.2, 0) is 4.79 Å². The summed E-state index contributed by atoms with van der Waals surface area (Å²) in [7, 11) is 1.61. The molecule has 3 amide bonds. The zero-order valence-electron chi connectivity index (χ0n) is 16.2. The number of halogens is 1. The van der Waals surface area contributed by atoms with Crippen molar-refractivity contribution < 1.29 is 18.7 Å². The molecule has 0 aromatic heterocycles. The zero-order chi connectivity index (χ0) is 20.4. The molecule has 6 nitrogen and oxygen atoms in total. The van der Waals surface area contributed by atoms with Gasteiger partial charge in [0.1, 0.15) is 17.6 Å². The number of methoxy groups -OCH3 is 1. The van der Waals surface area contributed by atoms with E-state index in [0.717, 1.165) is 37.0 Å². The smallest absolute Gasteiger partial charge is 0.319 e. The van der Waals surface area contributed by atoms with Crippen molar-refractivity contribution in [3.05, 3.63) is 59.9 Å². The lowest BCUT2D eigenvalue weighted by molar-refractivity contribution is -0.121. The van der Waals surface area contributed by atoms with Gasteiger partial charge in [-0.05, 0) is 54.8 Å². The Labute approximate surface area is 168 Å². The van der Waals surface area contributed by atoms with E-state index in [4.69, 9.17) is 4.74 Å². The number of amides is 3. The SMILES string of the molecule is COc1ccc(C2[C@H](NC(=O)Nc3ccc(F)cc3)C(=O)NC23CCCC3)cc1. The van der Waals surface area contributed by atoms with Gasteiger partial charge in [-0.2, -0.15) is 0 Å². The van der Waals surface area contributed by atoms with Gasteiger partial charge in [-0.3, -0.25) is 4.79 Å². The molecule has 0 radical (unpaired) electrons. The van der Waals surface area contributed by atoms with Crippen molar-refractivity contribution in [3.63, 3.8) is 0 Å². The first-order chi connectivity index (χ1) is 14.0. The van der Waals surface area contributed by atoms with E-state index in [2.05, 4.69) is 16.0 Å². The topological polar surface area (TPSA) is 79.5 Å². The van der Waals surface area contributed by atoms with E-state index in [1.54, 1.807) is 7.11 Å². The maximum atomic E-state index is 13.1. The van der Waals surface area contributed by atoms with E-state index >= 15 is 0 Å². The maximum absolute atomic E-state index is 13.1. The Morgan fingerprint density at radius 2 is 1.76 bits per heavy atom. The van der Waals surface area contributed by atoms with Gasteiger partial charge in [0.05, 0.1) is 7.11 Å². The molecule has 1 unspecified atom stereocenters. The third kappa shape index (κ3) is 3.77. The highest BCUT2D eigenvalue weighted by Crippen LogP contribution is 2.47. The number of anilines is 1. The highest BCUT2D eigenvalue weighted by molar-refractivity contribution is 5.96. The van der Waals surface area contributed by atoms with Crippen LogP contribution in [-0.4, -0.2) is 30.6 Å². The van der Waals surface area contributed by atoms with Gasteiger partial charge in [0.2, 0.25) is 5.91 Å². The molecule has 1 aliphatic carbocycles. The van der Waals surface area contributed by atoms with Crippen LogP contribution in [0, 0.1) is 5.82 Å². The number of urea groups is 1. The summed E-state index contributed by atoms with van der Waals surface area (Å²) in [6.07, 6.45) is 3.85. The minimum absolute atomic E-state index is 0.178. The number of carbonyl (C=O) groups is 2. The first-order valence-electron chi connectivity index (χ1n) is 9.80. The molecule has 1 saturated carbocycles. The predicted octanol–water partition coefficient (Wildman–Crippen LogP) is 3.55. The van der Waals surface area contributed by atoms with Gasteiger partial charge in [0.15, 0.2) is 0 Å². The lowest BCUT2D eigenvalue weighted by Crippen LogP contribution is -2.45. The average molecular weight is 397 g/mol. The Kier molecular flexibility index (Phi) is 5.13. The molecule has 2 atom stereocenters. The zero-order valence-corrected chi connectivity index (χ0v) is 16.2. The van der Waals surface area contributed by atoms with Crippen molar-refractivity contribution in [1.29, 1.82) is 0 Å². The third-order valence-electron chi connectivity index (χ3n) is 5.94. The molecule has 1 spiro atoms. The Hall–Kier alpha value is -3.09. The lowest BCUT2D eigenvalue weighted by Gasteiger charge is -2.33. The first kappa shape index (κ1) is 19.2. The van der Waals surface area contributed by atoms with E-state index < -0.39 is 12.1 Å². The summed E-state index contributed by atoms with van der Waals surface area (Å²) in [6, 6.07) is 12.0. The summed E-state index contributed by atoms with van der Waals surface area (Å²) in [4.78, 5) is 25.4. The van der Waals surface area contributed by atoms with Gasteiger partial charge in [0, 0.05) is 17.1 Å². The van der Waals surface area contributed by atoms with Crippen LogP contribution in [0.1, 0.15) is 37.2 Å². The Bertz CT molecular complexity index is 893. The number of hydrogen-bond acceptors (Lipinski definition) is 3. The second-order valence-electron chi connectivity index (χ2n) is 7.69. The Morgan fingerprint density at radius 3 is 2.38 bits per heavy atom. The number of hydrogen-bond donors (Lipinski definition) is 3. The molecule has 2 fully saturated rings. The highest BCUT2D eigenvalue weighted by Gasteiger charge is 2.55. The lowest BCUT2D eigenvalue weighted by atomic mass is 9.77. The number of ether oxygens (including phenoxy) is 1. The molecule has 1 heterocycles. The summed E-state index contributed by atoms with van der Waals surface area (Å²) < 4.78 is 18.3. The van der Waals surface area contributed by atoms with Gasteiger partial charge < -0.3 is 20.7 Å². The summed E-state index contributed by atoms with van der Waals surface area (Å²) in [6.45, 7) is 0. The van der Waals surface area contributed by atoms with Gasteiger partial charge in [-0.1, -0.05) is 25.0 Å². The second kappa shape index (κ2) is 7.73. The summed E-state index contributed by atoms with van der Waals surface area (Å²) in [5.74, 6) is 0.00304. The molecular weight excluding hydrogens is 373 g/mol. The molecule has 2 aromatic carbocycles. The van der Waals surface area contributed by atoms with Crippen LogP contribution in [0.2, 0.25) is 0 Å². The summed E-state index contributed by atoms with van der Waals surface area (Å²) in [5, 5.41) is 8.67. The predicted molar refractivity (Wildman–Crippen MR) is 107 cm³/mol. The number of nitrogens with one attached hydrogen (secondary N) is 3. The standard InChI is InChI=1S/C22H24FN3O3/c1-29-17-10-4-14(5-11-17)18-19(20(27)26-22(18)12-2-3-13-22)25-21(28)24-16-8-6-15(23)7-9-16/h4-11,18-19H,2-3,12-13H2,1H3,(H,26,27)(H2,24,25,28)/t18?,19-/m0/s1. The van der Waals surface area contributed by atoms with E-state index in [9.17, 15) is 14.0 Å². The molecule has 7 heteroatoms. The van der Waals surface area contributed by atoms with E-state index in [0.29, 0.717) is 5.69 Å². The minimum Gasteiger partial charge on any atom is -0.497 e.